The number of benzene rings is 1. The second-order valence-corrected chi connectivity index (χ2v) is 6.20. The van der Waals surface area contributed by atoms with Crippen LogP contribution in [0.5, 0.6) is 0 Å². The van der Waals surface area contributed by atoms with Crippen LogP contribution in [0.3, 0.4) is 0 Å². The van der Waals surface area contributed by atoms with Gasteiger partial charge in [0.05, 0.1) is 5.92 Å². The lowest BCUT2D eigenvalue weighted by Gasteiger charge is -2.32. The molecule has 118 valence electrons. The van der Waals surface area contributed by atoms with Gasteiger partial charge in [0.1, 0.15) is 0 Å². The Morgan fingerprint density at radius 2 is 2.09 bits per heavy atom. The zero-order chi connectivity index (χ0) is 15.7. The number of nitrogens with zero attached hydrogens (tertiary/aromatic N) is 1. The number of piperidine rings is 1. The Morgan fingerprint density at radius 3 is 2.77 bits per heavy atom. The molecule has 5 heteroatoms. The van der Waals surface area contributed by atoms with E-state index in [1.54, 1.807) is 0 Å². The number of hydrogen-bond donors (Lipinski definition) is 1. The van der Waals surface area contributed by atoms with E-state index < -0.39 is 11.8 Å². The van der Waals surface area contributed by atoms with E-state index in [9.17, 15) is 13.6 Å². The fourth-order valence-electron chi connectivity index (χ4n) is 3.27. The summed E-state index contributed by atoms with van der Waals surface area (Å²) in [5.74, 6) is -3.30. The second-order valence-electron chi connectivity index (χ2n) is 6.20. The van der Waals surface area contributed by atoms with Crippen LogP contribution in [0.1, 0.15) is 41.9 Å². The maximum atomic E-state index is 13.2. The number of fused-ring (bicyclic) bond motifs is 1. The molecule has 1 aliphatic heterocycles. The fourth-order valence-corrected chi connectivity index (χ4v) is 3.27. The Hall–Kier alpha value is -1.49. The zero-order valence-corrected chi connectivity index (χ0v) is 12.4. The number of aryl methyl sites for hydroxylation is 1. The quantitative estimate of drug-likeness (QED) is 0.932. The summed E-state index contributed by atoms with van der Waals surface area (Å²) in [5, 5.41) is 0. The largest absolute Gasteiger partial charge is 0.369 e. The minimum Gasteiger partial charge on any atom is -0.369 e. The van der Waals surface area contributed by atoms with Crippen molar-refractivity contribution in [2.24, 2.45) is 5.73 Å². The number of primary amides is 1. The van der Waals surface area contributed by atoms with Gasteiger partial charge >= 0.3 is 0 Å². The Balaban J connectivity index is 1.70. The lowest BCUT2D eigenvalue weighted by molar-refractivity contribution is -0.118. The molecule has 1 saturated heterocycles. The predicted octanol–water partition coefficient (Wildman–Crippen LogP) is 2.51. The Labute approximate surface area is 129 Å². The van der Waals surface area contributed by atoms with Gasteiger partial charge in [-0.3, -0.25) is 9.69 Å². The molecule has 0 bridgehead atoms. The molecular formula is C17H20F2N2O. The number of likely N-dealkylation sites (tertiary alicyclic amines) is 1. The van der Waals surface area contributed by atoms with E-state index in [2.05, 4.69) is 17.4 Å². The molecule has 1 atom stereocenters. The average Bonchev–Trinajstić information content (AvgIpc) is 2.48. The van der Waals surface area contributed by atoms with Crippen LogP contribution >= 0.6 is 0 Å². The van der Waals surface area contributed by atoms with Gasteiger partial charge in [-0.05, 0) is 29.5 Å². The Morgan fingerprint density at radius 1 is 1.36 bits per heavy atom. The van der Waals surface area contributed by atoms with Crippen molar-refractivity contribution in [3.8, 4) is 0 Å². The van der Waals surface area contributed by atoms with Gasteiger partial charge in [0, 0.05) is 38.9 Å². The molecular weight excluding hydrogens is 286 g/mol. The van der Waals surface area contributed by atoms with Gasteiger partial charge in [0.2, 0.25) is 5.91 Å². The van der Waals surface area contributed by atoms with Crippen molar-refractivity contribution in [1.82, 2.24) is 4.90 Å². The molecule has 1 amide bonds. The molecule has 22 heavy (non-hydrogen) atoms. The van der Waals surface area contributed by atoms with Gasteiger partial charge in [-0.15, -0.1) is 0 Å². The van der Waals surface area contributed by atoms with E-state index in [0.29, 0.717) is 19.6 Å². The summed E-state index contributed by atoms with van der Waals surface area (Å²) in [6, 6.07) is 5.98. The molecule has 0 spiro atoms. The highest BCUT2D eigenvalue weighted by atomic mass is 19.3. The van der Waals surface area contributed by atoms with Gasteiger partial charge in [0.25, 0.3) is 5.92 Å². The zero-order valence-electron chi connectivity index (χ0n) is 12.4. The van der Waals surface area contributed by atoms with E-state index in [1.807, 2.05) is 12.1 Å². The normalized spacial score (nSPS) is 24.7. The molecule has 1 fully saturated rings. The highest BCUT2D eigenvalue weighted by molar-refractivity contribution is 5.84. The summed E-state index contributed by atoms with van der Waals surface area (Å²) in [6.45, 7) is 1.53. The molecule has 3 nitrogen and oxygen atoms in total. The monoisotopic (exact) mass is 306 g/mol. The summed E-state index contributed by atoms with van der Waals surface area (Å²) in [7, 11) is 0. The summed E-state index contributed by atoms with van der Waals surface area (Å²) < 4.78 is 26.4. The first-order valence-corrected chi connectivity index (χ1v) is 7.69. The number of alkyl halides is 2. The molecule has 2 N–H and O–H groups in total. The molecule has 0 saturated carbocycles. The van der Waals surface area contributed by atoms with Crippen LogP contribution in [0.25, 0.3) is 0 Å². The number of carbonyl (C=O) groups excluding carboxylic acids is 1. The van der Waals surface area contributed by atoms with Gasteiger partial charge < -0.3 is 5.73 Å². The molecule has 1 heterocycles. The molecule has 0 aromatic heterocycles. The maximum Gasteiger partial charge on any atom is 0.250 e. The second kappa shape index (κ2) is 5.95. The lowest BCUT2D eigenvalue weighted by Crippen LogP contribution is -2.38. The van der Waals surface area contributed by atoms with Crippen LogP contribution in [0.15, 0.2) is 18.2 Å². The minimum absolute atomic E-state index is 0.0639. The third kappa shape index (κ3) is 3.29. The Kier molecular flexibility index (Phi) is 4.17. The summed E-state index contributed by atoms with van der Waals surface area (Å²) >= 11 is 0. The van der Waals surface area contributed by atoms with Crippen LogP contribution in [0, 0.1) is 6.42 Å². The number of hydrogen-bond acceptors (Lipinski definition) is 2. The van der Waals surface area contributed by atoms with Crippen molar-refractivity contribution < 1.29 is 13.6 Å². The highest BCUT2D eigenvalue weighted by Gasteiger charge is 2.34. The van der Waals surface area contributed by atoms with Gasteiger partial charge in [0.15, 0.2) is 0 Å². The Bertz CT molecular complexity index is 564. The van der Waals surface area contributed by atoms with Gasteiger partial charge in [-0.1, -0.05) is 18.2 Å². The number of carbonyl (C=O) groups is 1. The number of halogens is 2. The topological polar surface area (TPSA) is 46.3 Å². The van der Waals surface area contributed by atoms with E-state index in [4.69, 9.17) is 5.73 Å². The standard InChI is InChI=1S/C17H20F2N2O/c18-17(19)6-8-21(9-7-17)11-12-4-5-14-13(10-12)2-1-3-15(14)16(20)22/h4-5,10,15H,1-2,6-9,11H2,(H2,20,22). The van der Waals surface area contributed by atoms with Crippen LogP contribution in [0.2, 0.25) is 0 Å². The SMILES string of the molecule is NC(=O)C1[C]CCc2cc(CN3CCC(F)(F)CC3)ccc21. The van der Waals surface area contributed by atoms with E-state index in [0.717, 1.165) is 29.5 Å². The fraction of sp³-hybridized carbons (Fsp3) is 0.529. The third-order valence-electron chi connectivity index (χ3n) is 4.54. The first-order chi connectivity index (χ1) is 10.4. The number of amides is 1. The average molecular weight is 306 g/mol. The lowest BCUT2D eigenvalue weighted by atomic mass is 9.81. The molecule has 2 aliphatic rings. The first kappa shape index (κ1) is 15.4. The van der Waals surface area contributed by atoms with Gasteiger partial charge in [-0.25, -0.2) is 8.78 Å². The van der Waals surface area contributed by atoms with Crippen LogP contribution < -0.4 is 5.73 Å². The minimum atomic E-state index is -2.51. The first-order valence-electron chi connectivity index (χ1n) is 7.69. The molecule has 3 rings (SSSR count). The molecule has 1 aliphatic carbocycles. The molecule has 1 unspecified atom stereocenters. The third-order valence-corrected chi connectivity index (χ3v) is 4.54. The van der Waals surface area contributed by atoms with Crippen LogP contribution in [0.4, 0.5) is 8.78 Å². The van der Waals surface area contributed by atoms with E-state index in [-0.39, 0.29) is 18.7 Å². The number of rotatable bonds is 3. The van der Waals surface area contributed by atoms with E-state index in [1.165, 1.54) is 0 Å². The molecule has 1 aromatic rings. The van der Waals surface area contributed by atoms with Crippen molar-refractivity contribution >= 4 is 5.91 Å². The van der Waals surface area contributed by atoms with Crippen LogP contribution in [-0.4, -0.2) is 29.8 Å². The van der Waals surface area contributed by atoms with Crippen molar-refractivity contribution in [2.75, 3.05) is 13.1 Å². The maximum absolute atomic E-state index is 13.2. The summed E-state index contributed by atoms with van der Waals surface area (Å²) in [4.78, 5) is 13.5. The molecule has 1 aromatic carbocycles. The predicted molar refractivity (Wildman–Crippen MR) is 79.4 cm³/mol. The smallest absolute Gasteiger partial charge is 0.250 e. The van der Waals surface area contributed by atoms with Crippen molar-refractivity contribution in [1.29, 1.82) is 0 Å². The summed E-state index contributed by atoms with van der Waals surface area (Å²) in [5.41, 5.74) is 8.58. The van der Waals surface area contributed by atoms with Crippen molar-refractivity contribution in [2.45, 2.75) is 44.1 Å². The van der Waals surface area contributed by atoms with Crippen molar-refractivity contribution in [3.63, 3.8) is 0 Å². The highest BCUT2D eigenvalue weighted by Crippen LogP contribution is 2.32. The van der Waals surface area contributed by atoms with Crippen molar-refractivity contribution in [3.05, 3.63) is 41.3 Å². The van der Waals surface area contributed by atoms with E-state index >= 15 is 0 Å². The van der Waals surface area contributed by atoms with Gasteiger partial charge in [-0.2, -0.15) is 0 Å². The number of nitrogens with two attached hydrogens (primary N) is 1. The molecule has 2 radical (unpaired) electrons. The summed E-state index contributed by atoms with van der Waals surface area (Å²) in [6.07, 6.45) is 4.56. The van der Waals surface area contributed by atoms with Crippen LogP contribution in [-0.2, 0) is 17.8 Å².